The highest BCUT2D eigenvalue weighted by Crippen LogP contribution is 2.33. The lowest BCUT2D eigenvalue weighted by Crippen LogP contribution is -1.85. The van der Waals surface area contributed by atoms with E-state index in [1.807, 2.05) is 0 Å². The van der Waals surface area contributed by atoms with Crippen molar-refractivity contribution in [3.63, 3.8) is 0 Å². The summed E-state index contributed by atoms with van der Waals surface area (Å²) in [6, 6.07) is 5.07. The molecule has 2 aromatic rings. The fraction of sp³-hybridized carbons (Fsp3) is 0.200. The van der Waals surface area contributed by atoms with E-state index >= 15 is 0 Å². The predicted octanol–water partition coefficient (Wildman–Crippen LogP) is 3.79. The number of hydrogen-bond donors (Lipinski definition) is 1. The van der Waals surface area contributed by atoms with Crippen molar-refractivity contribution in [1.29, 1.82) is 0 Å². The van der Waals surface area contributed by atoms with Gasteiger partial charge in [-0.15, -0.1) is 0 Å². The summed E-state index contributed by atoms with van der Waals surface area (Å²) >= 11 is 11.9. The molecular weight excluding hydrogens is 223 g/mol. The summed E-state index contributed by atoms with van der Waals surface area (Å²) in [5.74, 6) is 0.468. The number of fused-ring (bicyclic) bond motifs is 1. The van der Waals surface area contributed by atoms with Crippen LogP contribution in [-0.4, -0.2) is 5.11 Å². The van der Waals surface area contributed by atoms with Crippen LogP contribution in [0.4, 0.5) is 0 Å². The Hall–Kier alpha value is -0.700. The van der Waals surface area contributed by atoms with Gasteiger partial charge in [-0.05, 0) is 25.1 Å². The molecule has 0 bridgehead atoms. The van der Waals surface area contributed by atoms with Crippen LogP contribution in [0.3, 0.4) is 0 Å². The molecule has 74 valence electrons. The van der Waals surface area contributed by atoms with Gasteiger partial charge in [-0.1, -0.05) is 23.2 Å². The van der Waals surface area contributed by atoms with E-state index in [9.17, 15) is 5.11 Å². The lowest BCUT2D eigenvalue weighted by Gasteiger charge is -1.96. The first kappa shape index (κ1) is 9.84. The van der Waals surface area contributed by atoms with Crippen LogP contribution in [0.15, 0.2) is 22.6 Å². The summed E-state index contributed by atoms with van der Waals surface area (Å²) in [7, 11) is 0. The number of furan rings is 1. The molecule has 0 amide bonds. The Labute approximate surface area is 91.0 Å². The van der Waals surface area contributed by atoms with Crippen LogP contribution >= 0.6 is 23.2 Å². The van der Waals surface area contributed by atoms with E-state index in [4.69, 9.17) is 27.6 Å². The molecule has 1 atom stereocenters. The van der Waals surface area contributed by atoms with Crippen LogP contribution < -0.4 is 0 Å². The van der Waals surface area contributed by atoms with Crippen LogP contribution in [0, 0.1) is 0 Å². The lowest BCUT2D eigenvalue weighted by molar-refractivity contribution is 0.172. The first-order valence-electron chi connectivity index (χ1n) is 4.15. The third-order valence-electron chi connectivity index (χ3n) is 2.01. The Morgan fingerprint density at radius 3 is 2.50 bits per heavy atom. The third kappa shape index (κ3) is 1.50. The summed E-state index contributed by atoms with van der Waals surface area (Å²) in [6.07, 6.45) is -0.658. The maximum atomic E-state index is 9.33. The van der Waals surface area contributed by atoms with Gasteiger partial charge in [0, 0.05) is 5.39 Å². The molecule has 1 heterocycles. The fourth-order valence-corrected chi connectivity index (χ4v) is 1.69. The van der Waals surface area contributed by atoms with Crippen LogP contribution in [0.5, 0.6) is 0 Å². The van der Waals surface area contributed by atoms with Gasteiger partial charge in [0.05, 0.1) is 10.0 Å². The summed E-state index contributed by atoms with van der Waals surface area (Å²) in [5.41, 5.74) is 0.523. The van der Waals surface area contributed by atoms with Crippen molar-refractivity contribution < 1.29 is 9.52 Å². The molecular formula is C10H8Cl2O2. The zero-order chi connectivity index (χ0) is 10.3. The Morgan fingerprint density at radius 2 is 1.93 bits per heavy atom. The van der Waals surface area contributed by atoms with Crippen molar-refractivity contribution in [2.75, 3.05) is 0 Å². The molecule has 2 nitrogen and oxygen atoms in total. The maximum absolute atomic E-state index is 9.33. The fourth-order valence-electron chi connectivity index (χ4n) is 1.28. The number of hydrogen-bond acceptors (Lipinski definition) is 2. The molecule has 0 aliphatic rings. The van der Waals surface area contributed by atoms with Gasteiger partial charge in [0.25, 0.3) is 0 Å². The third-order valence-corrected chi connectivity index (χ3v) is 2.64. The van der Waals surface area contributed by atoms with Gasteiger partial charge in [0.2, 0.25) is 0 Å². The highest BCUT2D eigenvalue weighted by atomic mass is 35.5. The lowest BCUT2D eigenvalue weighted by atomic mass is 10.2. The van der Waals surface area contributed by atoms with Gasteiger partial charge in [-0.25, -0.2) is 0 Å². The topological polar surface area (TPSA) is 33.4 Å². The number of benzene rings is 1. The smallest absolute Gasteiger partial charge is 0.154 e. The van der Waals surface area contributed by atoms with E-state index in [1.54, 1.807) is 25.1 Å². The molecule has 0 aliphatic carbocycles. The molecule has 0 aliphatic heterocycles. The largest absolute Gasteiger partial charge is 0.457 e. The molecule has 1 N–H and O–H groups in total. The van der Waals surface area contributed by atoms with Gasteiger partial charge in [-0.2, -0.15) is 0 Å². The van der Waals surface area contributed by atoms with Gasteiger partial charge in [0.15, 0.2) is 5.58 Å². The van der Waals surface area contributed by atoms with E-state index in [1.165, 1.54) is 0 Å². The molecule has 0 radical (unpaired) electrons. The average molecular weight is 231 g/mol. The van der Waals surface area contributed by atoms with Gasteiger partial charge in [-0.3, -0.25) is 0 Å². The van der Waals surface area contributed by atoms with E-state index in [0.717, 1.165) is 5.39 Å². The zero-order valence-corrected chi connectivity index (χ0v) is 8.93. The minimum Gasteiger partial charge on any atom is -0.457 e. The Morgan fingerprint density at radius 1 is 1.29 bits per heavy atom. The summed E-state index contributed by atoms with van der Waals surface area (Å²) < 4.78 is 5.37. The van der Waals surface area contributed by atoms with Crippen LogP contribution in [0.25, 0.3) is 11.0 Å². The monoisotopic (exact) mass is 230 g/mol. The second-order valence-electron chi connectivity index (χ2n) is 3.10. The quantitative estimate of drug-likeness (QED) is 0.809. The highest BCUT2D eigenvalue weighted by molar-refractivity contribution is 6.39. The van der Waals surface area contributed by atoms with Gasteiger partial charge >= 0.3 is 0 Å². The number of aliphatic hydroxyl groups is 1. The molecule has 1 aromatic carbocycles. The summed E-state index contributed by atoms with van der Waals surface area (Å²) in [5, 5.41) is 11.1. The van der Waals surface area contributed by atoms with Crippen molar-refractivity contribution in [1.82, 2.24) is 0 Å². The van der Waals surface area contributed by atoms with E-state index in [-0.39, 0.29) is 0 Å². The first-order valence-corrected chi connectivity index (χ1v) is 4.90. The van der Waals surface area contributed by atoms with Gasteiger partial charge in [0.1, 0.15) is 11.9 Å². The maximum Gasteiger partial charge on any atom is 0.154 e. The van der Waals surface area contributed by atoms with E-state index < -0.39 is 6.10 Å². The molecule has 1 aromatic heterocycles. The Kier molecular flexibility index (Phi) is 2.43. The number of rotatable bonds is 1. The van der Waals surface area contributed by atoms with Crippen molar-refractivity contribution in [2.45, 2.75) is 13.0 Å². The summed E-state index contributed by atoms with van der Waals surface area (Å²) in [6.45, 7) is 1.62. The normalized spacial score (nSPS) is 13.4. The minimum atomic E-state index is -0.658. The number of halogens is 2. The van der Waals surface area contributed by atoms with Crippen molar-refractivity contribution in [3.05, 3.63) is 34.0 Å². The minimum absolute atomic E-state index is 0.468. The standard InChI is InChI=1S/C10H8Cl2O2/c1-5(13)9-4-6-7(11)2-3-8(12)10(6)14-9/h2-5,13H,1H3. The number of aliphatic hydroxyl groups excluding tert-OH is 1. The van der Waals surface area contributed by atoms with Crippen LogP contribution in [-0.2, 0) is 0 Å². The highest BCUT2D eigenvalue weighted by Gasteiger charge is 2.12. The predicted molar refractivity (Wildman–Crippen MR) is 56.9 cm³/mol. The van der Waals surface area contributed by atoms with Crippen LogP contribution in [0.1, 0.15) is 18.8 Å². The van der Waals surface area contributed by atoms with E-state index in [0.29, 0.717) is 21.4 Å². The molecule has 4 heteroatoms. The second kappa shape index (κ2) is 3.46. The Bertz CT molecular complexity index is 435. The molecule has 0 saturated heterocycles. The molecule has 1 unspecified atom stereocenters. The van der Waals surface area contributed by atoms with Crippen LogP contribution in [0.2, 0.25) is 10.0 Å². The second-order valence-corrected chi connectivity index (χ2v) is 3.91. The van der Waals surface area contributed by atoms with Crippen molar-refractivity contribution >= 4 is 34.2 Å². The SMILES string of the molecule is CC(O)c1cc2c(Cl)ccc(Cl)c2o1. The van der Waals surface area contributed by atoms with Crippen molar-refractivity contribution in [2.24, 2.45) is 0 Å². The average Bonchev–Trinajstić information content (AvgIpc) is 2.57. The molecule has 0 spiro atoms. The Balaban J connectivity index is 2.75. The first-order chi connectivity index (χ1) is 6.59. The molecule has 14 heavy (non-hydrogen) atoms. The molecule has 2 rings (SSSR count). The van der Waals surface area contributed by atoms with Gasteiger partial charge < -0.3 is 9.52 Å². The van der Waals surface area contributed by atoms with Crippen molar-refractivity contribution in [3.8, 4) is 0 Å². The summed E-state index contributed by atoms with van der Waals surface area (Å²) in [4.78, 5) is 0. The van der Waals surface area contributed by atoms with E-state index in [2.05, 4.69) is 0 Å². The molecule has 0 saturated carbocycles. The molecule has 0 fully saturated rings. The zero-order valence-electron chi connectivity index (χ0n) is 7.42.